The Labute approximate surface area is 72.2 Å². The zero-order valence-electron chi connectivity index (χ0n) is 6.47. The molecule has 0 radical (unpaired) electrons. The van der Waals surface area contributed by atoms with Crippen molar-refractivity contribution < 1.29 is 33.9 Å². The van der Waals surface area contributed by atoms with Gasteiger partial charge in [0.2, 0.25) is 0 Å². The second kappa shape index (κ2) is 3.43. The molecule has 78 valence electrons. The fraction of sp³-hybridized carbons (Fsp3) is 1.00. The Hall–Kier alpha value is -0.340. The number of rotatable bonds is 2. The van der Waals surface area contributed by atoms with Crippen molar-refractivity contribution in [1.29, 1.82) is 0 Å². The van der Waals surface area contributed by atoms with Crippen LogP contribution in [0, 0.1) is 0 Å². The van der Waals surface area contributed by atoms with Crippen LogP contribution in [0.2, 0.25) is 0 Å². The molecule has 4 N–H and O–H groups in total. The van der Waals surface area contributed by atoms with Gasteiger partial charge in [0.25, 0.3) is 12.1 Å². The van der Waals surface area contributed by atoms with Crippen molar-refractivity contribution in [1.82, 2.24) is 0 Å². The second-order valence-corrected chi connectivity index (χ2v) is 2.83. The minimum Gasteiger partial charge on any atom is -0.387 e. The molecule has 0 bridgehead atoms. The summed E-state index contributed by atoms with van der Waals surface area (Å²) in [4.78, 5) is 0. The highest BCUT2D eigenvalue weighted by molar-refractivity contribution is 4.96. The molecule has 1 saturated heterocycles. The van der Waals surface area contributed by atoms with Gasteiger partial charge < -0.3 is 25.2 Å². The highest BCUT2D eigenvalue weighted by Gasteiger charge is 2.58. The van der Waals surface area contributed by atoms with Crippen molar-refractivity contribution in [3.05, 3.63) is 0 Å². The zero-order chi connectivity index (χ0) is 10.2. The monoisotopic (exact) mass is 200 g/mol. The number of alkyl halides is 2. The van der Waals surface area contributed by atoms with Crippen molar-refractivity contribution >= 4 is 0 Å². The fourth-order valence-corrected chi connectivity index (χ4v) is 1.15. The van der Waals surface area contributed by atoms with Gasteiger partial charge in [-0.3, -0.25) is 0 Å². The van der Waals surface area contributed by atoms with Crippen molar-refractivity contribution in [3.63, 3.8) is 0 Å². The van der Waals surface area contributed by atoms with Crippen LogP contribution in [0.15, 0.2) is 0 Å². The molecule has 0 aromatic rings. The summed E-state index contributed by atoms with van der Waals surface area (Å²) >= 11 is 0. The Bertz CT molecular complexity index is 190. The number of hydrogen-bond acceptors (Lipinski definition) is 5. The Balaban J connectivity index is 2.81. The molecule has 0 aromatic heterocycles. The van der Waals surface area contributed by atoms with E-state index in [1.54, 1.807) is 0 Å². The van der Waals surface area contributed by atoms with Crippen molar-refractivity contribution in [2.45, 2.75) is 30.5 Å². The largest absolute Gasteiger partial charge is 0.387 e. The van der Waals surface area contributed by atoms with E-state index in [0.29, 0.717) is 0 Å². The van der Waals surface area contributed by atoms with Crippen LogP contribution in [-0.2, 0) is 4.74 Å². The molecule has 0 amide bonds. The van der Waals surface area contributed by atoms with Crippen molar-refractivity contribution in [2.75, 3.05) is 6.67 Å². The Morgan fingerprint density at radius 2 is 2.00 bits per heavy atom. The van der Waals surface area contributed by atoms with Gasteiger partial charge >= 0.3 is 0 Å². The summed E-state index contributed by atoms with van der Waals surface area (Å²) in [6.07, 6.45) is -8.28. The average Bonchev–Trinajstić information content (AvgIpc) is 2.31. The zero-order valence-corrected chi connectivity index (χ0v) is 6.47. The molecule has 7 heteroatoms. The van der Waals surface area contributed by atoms with E-state index in [2.05, 4.69) is 4.74 Å². The summed E-state index contributed by atoms with van der Waals surface area (Å²) in [5.41, 5.74) is 0. The number of aliphatic hydroxyl groups is 4. The van der Waals surface area contributed by atoms with E-state index in [1.807, 2.05) is 0 Å². The number of hydrogen-bond donors (Lipinski definition) is 4. The predicted octanol–water partition coefficient (Wildman–Crippen LogP) is -1.95. The van der Waals surface area contributed by atoms with E-state index in [9.17, 15) is 8.78 Å². The summed E-state index contributed by atoms with van der Waals surface area (Å²) in [5.74, 6) is -2.95. The van der Waals surface area contributed by atoms with Gasteiger partial charge in [0.15, 0.2) is 0 Å². The molecule has 0 aromatic carbocycles. The Kier molecular flexibility index (Phi) is 2.83. The lowest BCUT2D eigenvalue weighted by Crippen LogP contribution is -2.50. The molecule has 5 nitrogen and oxygen atoms in total. The lowest BCUT2D eigenvalue weighted by atomic mass is 10.1. The van der Waals surface area contributed by atoms with Gasteiger partial charge in [0, 0.05) is 0 Å². The molecule has 1 aliphatic rings. The van der Waals surface area contributed by atoms with Gasteiger partial charge in [0.1, 0.15) is 25.0 Å². The number of ether oxygens (including phenoxy) is 1. The minimum absolute atomic E-state index is 1.20. The fourth-order valence-electron chi connectivity index (χ4n) is 1.15. The van der Waals surface area contributed by atoms with E-state index in [-0.39, 0.29) is 0 Å². The molecular formula is C6H10F2O5. The topological polar surface area (TPSA) is 90.2 Å². The summed E-state index contributed by atoms with van der Waals surface area (Å²) in [5, 5.41) is 35.4. The summed E-state index contributed by atoms with van der Waals surface area (Å²) in [6, 6.07) is 0. The molecular weight excluding hydrogens is 190 g/mol. The highest BCUT2D eigenvalue weighted by atomic mass is 19.1. The van der Waals surface area contributed by atoms with Crippen molar-refractivity contribution in [3.8, 4) is 0 Å². The minimum atomic E-state index is -2.95. The van der Waals surface area contributed by atoms with E-state index in [1.165, 1.54) is 0 Å². The maximum absolute atomic E-state index is 12.3. The SMILES string of the molecule is OC(F)[C@@]1(O)O[C@H](CF)[C@@H](O)[C@@H]1O. The maximum Gasteiger partial charge on any atom is 0.253 e. The molecule has 0 saturated carbocycles. The van der Waals surface area contributed by atoms with Gasteiger partial charge in [-0.05, 0) is 0 Å². The van der Waals surface area contributed by atoms with Gasteiger partial charge in [-0.15, -0.1) is 0 Å². The van der Waals surface area contributed by atoms with Gasteiger partial charge in [-0.2, -0.15) is 0 Å². The van der Waals surface area contributed by atoms with Crippen LogP contribution >= 0.6 is 0 Å². The first-order valence-electron chi connectivity index (χ1n) is 3.58. The third-order valence-electron chi connectivity index (χ3n) is 1.96. The summed E-state index contributed by atoms with van der Waals surface area (Å²) in [7, 11) is 0. The number of aliphatic hydroxyl groups excluding tert-OH is 3. The average molecular weight is 200 g/mol. The van der Waals surface area contributed by atoms with Crippen molar-refractivity contribution in [2.24, 2.45) is 0 Å². The maximum atomic E-state index is 12.3. The van der Waals surface area contributed by atoms with Crippen LogP contribution in [0.1, 0.15) is 0 Å². The third-order valence-corrected chi connectivity index (χ3v) is 1.96. The molecule has 1 unspecified atom stereocenters. The summed E-state index contributed by atoms with van der Waals surface area (Å²) in [6.45, 7) is -1.20. The number of halogens is 2. The highest BCUT2D eigenvalue weighted by Crippen LogP contribution is 2.32. The van der Waals surface area contributed by atoms with Crippen LogP contribution in [0.4, 0.5) is 8.78 Å². The lowest BCUT2D eigenvalue weighted by molar-refractivity contribution is -0.306. The third kappa shape index (κ3) is 1.53. The molecule has 0 aliphatic carbocycles. The standard InChI is InChI=1S/C6H10F2O5/c7-1-2-3(9)4(10)6(12,13-2)5(8)11/h2-5,9-12H,1H2/t2-,3-,4+,5?,6+/m1/s1. The van der Waals surface area contributed by atoms with Crippen LogP contribution in [0.5, 0.6) is 0 Å². The van der Waals surface area contributed by atoms with E-state index in [4.69, 9.17) is 20.4 Å². The van der Waals surface area contributed by atoms with E-state index in [0.717, 1.165) is 0 Å². The van der Waals surface area contributed by atoms with Crippen LogP contribution < -0.4 is 0 Å². The first-order chi connectivity index (χ1) is 5.93. The predicted molar refractivity (Wildman–Crippen MR) is 34.9 cm³/mol. The summed E-state index contributed by atoms with van der Waals surface area (Å²) < 4.78 is 28.6. The molecule has 1 rings (SSSR count). The Morgan fingerprint density at radius 1 is 1.46 bits per heavy atom. The smallest absolute Gasteiger partial charge is 0.253 e. The van der Waals surface area contributed by atoms with E-state index < -0.39 is 37.1 Å². The normalized spacial score (nSPS) is 48.0. The van der Waals surface area contributed by atoms with Crippen LogP contribution in [-0.4, -0.2) is 57.6 Å². The van der Waals surface area contributed by atoms with Crippen LogP contribution in [0.25, 0.3) is 0 Å². The van der Waals surface area contributed by atoms with E-state index >= 15 is 0 Å². The van der Waals surface area contributed by atoms with Gasteiger partial charge in [-0.1, -0.05) is 0 Å². The Morgan fingerprint density at radius 3 is 2.23 bits per heavy atom. The first-order valence-corrected chi connectivity index (χ1v) is 3.58. The molecule has 0 spiro atoms. The molecule has 1 fully saturated rings. The quantitative estimate of drug-likeness (QED) is 0.416. The van der Waals surface area contributed by atoms with Crippen LogP contribution in [0.3, 0.4) is 0 Å². The van der Waals surface area contributed by atoms with Gasteiger partial charge in [-0.25, -0.2) is 8.78 Å². The van der Waals surface area contributed by atoms with Gasteiger partial charge in [0.05, 0.1) is 0 Å². The second-order valence-electron chi connectivity index (χ2n) is 2.83. The molecule has 5 atom stereocenters. The molecule has 13 heavy (non-hydrogen) atoms. The molecule has 1 aliphatic heterocycles. The molecule has 1 heterocycles. The lowest BCUT2D eigenvalue weighted by Gasteiger charge is -2.25. The first kappa shape index (κ1) is 10.7.